The number of sulfonamides is 1. The highest BCUT2D eigenvalue weighted by molar-refractivity contribution is 7.92. The van der Waals surface area contributed by atoms with Crippen molar-refractivity contribution in [3.05, 3.63) is 71.6 Å². The van der Waals surface area contributed by atoms with Crippen LogP contribution in [-0.2, 0) is 10.0 Å². The highest BCUT2D eigenvalue weighted by Crippen LogP contribution is 2.19. The average molecular weight is 433 g/mol. The molecular formula is C19H17F2N5O3S. The van der Waals surface area contributed by atoms with Crippen LogP contribution in [-0.4, -0.2) is 24.4 Å². The first-order valence-electron chi connectivity index (χ1n) is 8.60. The fraction of sp³-hybridized carbons (Fsp3) is 0.105. The van der Waals surface area contributed by atoms with Crippen LogP contribution in [0.4, 0.5) is 30.9 Å². The van der Waals surface area contributed by atoms with Crippen molar-refractivity contribution in [2.24, 2.45) is 0 Å². The van der Waals surface area contributed by atoms with Crippen molar-refractivity contribution in [2.75, 3.05) is 15.4 Å². The molecule has 3 aromatic rings. The molecule has 0 spiro atoms. The van der Waals surface area contributed by atoms with Crippen LogP contribution in [0.3, 0.4) is 0 Å². The number of benzene rings is 2. The molecule has 3 N–H and O–H groups in total. The van der Waals surface area contributed by atoms with E-state index in [9.17, 15) is 22.0 Å². The Hall–Kier alpha value is -3.60. The predicted octanol–water partition coefficient (Wildman–Crippen LogP) is 3.82. The Kier molecular flexibility index (Phi) is 5.92. The van der Waals surface area contributed by atoms with E-state index in [0.29, 0.717) is 11.4 Å². The van der Waals surface area contributed by atoms with Crippen LogP contribution in [0.5, 0.6) is 0 Å². The molecule has 8 nitrogen and oxygen atoms in total. The van der Waals surface area contributed by atoms with Crippen molar-refractivity contribution < 1.29 is 22.0 Å². The lowest BCUT2D eigenvalue weighted by atomic mass is 10.3. The van der Waals surface area contributed by atoms with E-state index in [-0.39, 0.29) is 22.2 Å². The van der Waals surface area contributed by atoms with Gasteiger partial charge in [0.1, 0.15) is 11.6 Å². The molecule has 3 rings (SSSR count). The fourth-order valence-corrected chi connectivity index (χ4v) is 3.49. The van der Waals surface area contributed by atoms with Gasteiger partial charge < -0.3 is 10.6 Å². The maximum atomic E-state index is 13.6. The third-order valence-corrected chi connectivity index (χ3v) is 5.15. The van der Waals surface area contributed by atoms with E-state index >= 15 is 0 Å². The molecular weight excluding hydrogens is 416 g/mol. The average Bonchev–Trinajstić information content (AvgIpc) is 2.64. The minimum atomic E-state index is -3.95. The number of nitrogens with zero attached hydrogens (tertiary/aromatic N) is 2. The Morgan fingerprint density at radius 2 is 1.53 bits per heavy atom. The summed E-state index contributed by atoms with van der Waals surface area (Å²) >= 11 is 0. The van der Waals surface area contributed by atoms with Gasteiger partial charge in [-0.05, 0) is 56.3 Å². The lowest BCUT2D eigenvalue weighted by molar-refractivity contribution is 0.262. The number of amides is 2. The van der Waals surface area contributed by atoms with E-state index in [0.717, 1.165) is 18.2 Å². The first-order valence-corrected chi connectivity index (χ1v) is 10.1. The number of hydrogen-bond donors (Lipinski definition) is 3. The van der Waals surface area contributed by atoms with Crippen molar-refractivity contribution >= 4 is 33.4 Å². The number of hydrogen-bond acceptors (Lipinski definition) is 5. The summed E-state index contributed by atoms with van der Waals surface area (Å²) in [7, 11) is -3.95. The maximum Gasteiger partial charge on any atom is 0.323 e. The van der Waals surface area contributed by atoms with Gasteiger partial charge in [-0.15, -0.1) is 0 Å². The quantitative estimate of drug-likeness (QED) is 0.566. The lowest BCUT2D eigenvalue weighted by Crippen LogP contribution is -2.20. The minimum absolute atomic E-state index is 0.0498. The van der Waals surface area contributed by atoms with Crippen LogP contribution >= 0.6 is 0 Å². The molecule has 0 aliphatic heterocycles. The molecule has 156 valence electrons. The van der Waals surface area contributed by atoms with Gasteiger partial charge in [0, 0.05) is 23.1 Å². The van der Waals surface area contributed by atoms with Crippen LogP contribution in [0.15, 0.2) is 53.4 Å². The lowest BCUT2D eigenvalue weighted by Gasteiger charge is -2.10. The number of anilines is 3. The summed E-state index contributed by atoms with van der Waals surface area (Å²) in [5.74, 6) is -1.56. The van der Waals surface area contributed by atoms with Crippen LogP contribution in [0.2, 0.25) is 0 Å². The standard InChI is InChI=1S/C19H17F2N5O3S/c1-11-9-12(2)23-18(22-11)26-30(28,29)15-6-4-14(5-7-15)24-19(27)25-17-10-13(20)3-8-16(17)21/h3-10H,1-2H3,(H,22,23,26)(H2,24,25,27). The van der Waals surface area contributed by atoms with E-state index in [2.05, 4.69) is 25.3 Å². The van der Waals surface area contributed by atoms with Crippen LogP contribution < -0.4 is 15.4 Å². The largest absolute Gasteiger partial charge is 0.323 e. The number of urea groups is 1. The van der Waals surface area contributed by atoms with E-state index in [1.807, 2.05) is 0 Å². The van der Waals surface area contributed by atoms with E-state index < -0.39 is 27.7 Å². The zero-order valence-electron chi connectivity index (χ0n) is 15.9. The van der Waals surface area contributed by atoms with Crippen molar-refractivity contribution in [3.63, 3.8) is 0 Å². The van der Waals surface area contributed by atoms with Gasteiger partial charge >= 0.3 is 6.03 Å². The monoisotopic (exact) mass is 433 g/mol. The summed E-state index contributed by atoms with van der Waals surface area (Å²) in [5, 5.41) is 4.58. The third-order valence-electron chi connectivity index (χ3n) is 3.81. The molecule has 0 saturated carbocycles. The van der Waals surface area contributed by atoms with Gasteiger partial charge in [0.15, 0.2) is 0 Å². The molecule has 1 heterocycles. The smallest absolute Gasteiger partial charge is 0.308 e. The number of aromatic nitrogens is 2. The summed E-state index contributed by atoms with van der Waals surface area (Å²) in [6, 6.07) is 8.76. The van der Waals surface area contributed by atoms with Crippen LogP contribution in [0.25, 0.3) is 0 Å². The maximum absolute atomic E-state index is 13.6. The Morgan fingerprint density at radius 3 is 2.17 bits per heavy atom. The summed E-state index contributed by atoms with van der Waals surface area (Å²) in [6.07, 6.45) is 0. The van der Waals surface area contributed by atoms with Gasteiger partial charge in [-0.25, -0.2) is 36.7 Å². The van der Waals surface area contributed by atoms with E-state index in [1.54, 1.807) is 19.9 Å². The first-order chi connectivity index (χ1) is 14.1. The number of carbonyl (C=O) groups excluding carboxylic acids is 1. The Labute approximate surface area is 171 Å². The third kappa shape index (κ3) is 5.26. The topological polar surface area (TPSA) is 113 Å². The Bertz CT molecular complexity index is 1180. The predicted molar refractivity (Wildman–Crippen MR) is 108 cm³/mol. The van der Waals surface area contributed by atoms with Crippen molar-refractivity contribution in [1.82, 2.24) is 9.97 Å². The van der Waals surface area contributed by atoms with Crippen molar-refractivity contribution in [1.29, 1.82) is 0 Å². The molecule has 1 aromatic heterocycles. The molecule has 0 radical (unpaired) electrons. The summed E-state index contributed by atoms with van der Waals surface area (Å²) < 4.78 is 54.1. The molecule has 2 amide bonds. The molecule has 0 bridgehead atoms. The van der Waals surface area contributed by atoms with E-state index in [4.69, 9.17) is 0 Å². The van der Waals surface area contributed by atoms with Gasteiger partial charge in [0.2, 0.25) is 5.95 Å². The molecule has 11 heteroatoms. The van der Waals surface area contributed by atoms with Gasteiger partial charge in [-0.1, -0.05) is 0 Å². The zero-order valence-corrected chi connectivity index (χ0v) is 16.7. The van der Waals surface area contributed by atoms with Crippen molar-refractivity contribution in [3.8, 4) is 0 Å². The zero-order chi connectivity index (χ0) is 21.9. The number of aryl methyl sites for hydroxylation is 2. The minimum Gasteiger partial charge on any atom is -0.308 e. The summed E-state index contributed by atoms with van der Waals surface area (Å²) in [5.41, 5.74) is 1.14. The highest BCUT2D eigenvalue weighted by Gasteiger charge is 2.16. The molecule has 0 aliphatic rings. The SMILES string of the molecule is Cc1cc(C)nc(NS(=O)(=O)c2ccc(NC(=O)Nc3cc(F)ccc3F)cc2)n1. The Balaban J connectivity index is 1.69. The number of carbonyl (C=O) groups is 1. The van der Waals surface area contributed by atoms with Crippen LogP contribution in [0.1, 0.15) is 11.4 Å². The molecule has 2 aromatic carbocycles. The van der Waals surface area contributed by atoms with Gasteiger partial charge in [0.25, 0.3) is 10.0 Å². The molecule has 0 unspecified atom stereocenters. The Morgan fingerprint density at radius 1 is 0.900 bits per heavy atom. The fourth-order valence-electron chi connectivity index (χ4n) is 2.55. The summed E-state index contributed by atoms with van der Waals surface area (Å²) in [4.78, 5) is 20.0. The van der Waals surface area contributed by atoms with Gasteiger partial charge in [-0.3, -0.25) is 0 Å². The number of rotatable bonds is 5. The number of nitrogens with one attached hydrogen (secondary N) is 3. The molecule has 30 heavy (non-hydrogen) atoms. The second kappa shape index (κ2) is 8.41. The van der Waals surface area contributed by atoms with Crippen LogP contribution in [0, 0.1) is 25.5 Å². The normalized spacial score (nSPS) is 11.1. The van der Waals surface area contributed by atoms with E-state index in [1.165, 1.54) is 24.3 Å². The second-order valence-electron chi connectivity index (χ2n) is 6.31. The number of halogens is 2. The molecule has 0 saturated heterocycles. The molecule has 0 fully saturated rings. The van der Waals surface area contributed by atoms with Gasteiger partial charge in [-0.2, -0.15) is 0 Å². The first kappa shape index (κ1) is 21.1. The second-order valence-corrected chi connectivity index (χ2v) is 7.99. The van der Waals surface area contributed by atoms with Crippen molar-refractivity contribution in [2.45, 2.75) is 18.7 Å². The highest BCUT2D eigenvalue weighted by atomic mass is 32.2. The molecule has 0 aliphatic carbocycles. The summed E-state index contributed by atoms with van der Waals surface area (Å²) in [6.45, 7) is 3.43. The molecule has 0 atom stereocenters. The van der Waals surface area contributed by atoms with Gasteiger partial charge in [0.05, 0.1) is 10.6 Å².